The van der Waals surface area contributed by atoms with Gasteiger partial charge < -0.3 is 15.0 Å². The number of likely N-dealkylation sites (N-methyl/N-ethyl adjacent to an activating group) is 1. The Morgan fingerprint density at radius 3 is 2.28 bits per heavy atom. The summed E-state index contributed by atoms with van der Waals surface area (Å²) in [5.41, 5.74) is 1.30. The van der Waals surface area contributed by atoms with Gasteiger partial charge >= 0.3 is 0 Å². The van der Waals surface area contributed by atoms with Gasteiger partial charge in [-0.3, -0.25) is 0 Å². The summed E-state index contributed by atoms with van der Waals surface area (Å²) in [5.74, 6) is 0.940. The van der Waals surface area contributed by atoms with E-state index in [4.69, 9.17) is 4.74 Å². The Kier molecular flexibility index (Phi) is 6.16. The van der Waals surface area contributed by atoms with Crippen LogP contribution in [0.3, 0.4) is 0 Å². The quantitative estimate of drug-likeness (QED) is 0.805. The number of nitrogens with one attached hydrogen (secondary N) is 1. The van der Waals surface area contributed by atoms with Crippen molar-refractivity contribution >= 4 is 0 Å². The van der Waals surface area contributed by atoms with Crippen LogP contribution in [-0.2, 0) is 0 Å². The predicted octanol–water partition coefficient (Wildman–Crippen LogP) is 2.69. The zero-order valence-corrected chi connectivity index (χ0v) is 12.2. The molecule has 1 rings (SSSR count). The first-order chi connectivity index (χ1) is 8.52. The molecule has 0 fully saturated rings. The van der Waals surface area contributed by atoms with E-state index in [1.165, 1.54) is 5.56 Å². The van der Waals surface area contributed by atoms with Crippen LogP contribution in [-0.4, -0.2) is 38.2 Å². The molecule has 0 aliphatic rings. The first kappa shape index (κ1) is 15.0. The predicted molar refractivity (Wildman–Crippen MR) is 77.2 cm³/mol. The summed E-state index contributed by atoms with van der Waals surface area (Å²) in [6, 6.07) is 9.16. The van der Waals surface area contributed by atoms with Gasteiger partial charge in [0.1, 0.15) is 5.75 Å². The van der Waals surface area contributed by atoms with E-state index < -0.39 is 0 Å². The van der Waals surface area contributed by atoms with E-state index >= 15 is 0 Å². The van der Waals surface area contributed by atoms with Gasteiger partial charge in [0.15, 0.2) is 0 Å². The second-order valence-electron chi connectivity index (χ2n) is 5.05. The van der Waals surface area contributed by atoms with Crippen molar-refractivity contribution in [3.05, 3.63) is 29.8 Å². The lowest BCUT2D eigenvalue weighted by molar-refractivity contribution is 0.333. The summed E-state index contributed by atoms with van der Waals surface area (Å²) in [5, 5.41) is 3.60. The molecule has 2 atom stereocenters. The molecule has 1 aromatic rings. The van der Waals surface area contributed by atoms with Gasteiger partial charge in [-0.2, -0.15) is 0 Å². The molecule has 1 N–H and O–H groups in total. The lowest BCUT2D eigenvalue weighted by atomic mass is 10.1. The van der Waals surface area contributed by atoms with Gasteiger partial charge in [0.2, 0.25) is 0 Å². The summed E-state index contributed by atoms with van der Waals surface area (Å²) in [6.45, 7) is 8.17. The summed E-state index contributed by atoms with van der Waals surface area (Å²) >= 11 is 0. The Morgan fingerprint density at radius 2 is 1.78 bits per heavy atom. The van der Waals surface area contributed by atoms with E-state index in [9.17, 15) is 0 Å². The van der Waals surface area contributed by atoms with E-state index in [-0.39, 0.29) is 0 Å². The van der Waals surface area contributed by atoms with E-state index in [0.717, 1.165) is 12.3 Å². The molecule has 102 valence electrons. The van der Waals surface area contributed by atoms with Crippen LogP contribution in [0.5, 0.6) is 5.75 Å². The van der Waals surface area contributed by atoms with Gasteiger partial charge in [0.25, 0.3) is 0 Å². The molecule has 0 aliphatic heterocycles. The number of benzene rings is 1. The van der Waals surface area contributed by atoms with Crippen molar-refractivity contribution in [1.82, 2.24) is 10.2 Å². The third kappa shape index (κ3) is 5.07. The summed E-state index contributed by atoms with van der Waals surface area (Å²) in [4.78, 5) is 2.20. The van der Waals surface area contributed by atoms with Gasteiger partial charge in [-0.1, -0.05) is 12.1 Å². The molecule has 0 saturated heterocycles. The molecule has 0 radical (unpaired) electrons. The highest BCUT2D eigenvalue weighted by atomic mass is 16.5. The number of nitrogens with zero attached hydrogens (tertiary/aromatic N) is 1. The molecular weight excluding hydrogens is 224 g/mol. The molecule has 0 amide bonds. The first-order valence-corrected chi connectivity index (χ1v) is 6.66. The molecular formula is C15H26N2O. The van der Waals surface area contributed by atoms with Crippen molar-refractivity contribution in [2.45, 2.75) is 32.9 Å². The average molecular weight is 250 g/mol. The second kappa shape index (κ2) is 7.39. The Labute approximate surface area is 111 Å². The lowest BCUT2D eigenvalue weighted by Gasteiger charge is -2.23. The van der Waals surface area contributed by atoms with E-state index in [0.29, 0.717) is 18.7 Å². The van der Waals surface area contributed by atoms with Crippen LogP contribution in [0.1, 0.15) is 32.4 Å². The van der Waals surface area contributed by atoms with E-state index in [2.05, 4.69) is 50.3 Å². The standard InChI is InChI=1S/C15H26N2O/c1-6-18-15-9-7-14(8-10-15)13(3)16-12(2)11-17(4)5/h7-10,12-13,16H,6,11H2,1-5H3. The van der Waals surface area contributed by atoms with Crippen LogP contribution in [0.15, 0.2) is 24.3 Å². The minimum Gasteiger partial charge on any atom is -0.494 e. The maximum absolute atomic E-state index is 5.45. The van der Waals surface area contributed by atoms with Crippen LogP contribution in [0.2, 0.25) is 0 Å². The molecule has 2 unspecified atom stereocenters. The third-order valence-corrected chi connectivity index (χ3v) is 2.86. The Morgan fingerprint density at radius 1 is 1.17 bits per heavy atom. The zero-order valence-electron chi connectivity index (χ0n) is 12.2. The lowest BCUT2D eigenvalue weighted by Crippen LogP contribution is -2.37. The minimum absolute atomic E-state index is 0.357. The Hall–Kier alpha value is -1.06. The second-order valence-corrected chi connectivity index (χ2v) is 5.05. The molecule has 3 heteroatoms. The average Bonchev–Trinajstić information content (AvgIpc) is 2.29. The number of rotatable bonds is 7. The van der Waals surface area contributed by atoms with Crippen molar-refractivity contribution in [3.8, 4) is 5.75 Å². The maximum Gasteiger partial charge on any atom is 0.119 e. The molecule has 0 heterocycles. The summed E-state index contributed by atoms with van der Waals surface area (Å²) in [7, 11) is 4.19. The first-order valence-electron chi connectivity index (χ1n) is 6.66. The molecule has 18 heavy (non-hydrogen) atoms. The third-order valence-electron chi connectivity index (χ3n) is 2.86. The minimum atomic E-state index is 0.357. The van der Waals surface area contributed by atoms with Gasteiger partial charge in [0.05, 0.1) is 6.61 Å². The zero-order chi connectivity index (χ0) is 13.5. The Bertz CT molecular complexity index is 335. The number of hydrogen-bond acceptors (Lipinski definition) is 3. The summed E-state index contributed by atoms with van der Waals surface area (Å²) < 4.78 is 5.45. The maximum atomic E-state index is 5.45. The molecule has 0 bridgehead atoms. The highest BCUT2D eigenvalue weighted by Gasteiger charge is 2.10. The highest BCUT2D eigenvalue weighted by molar-refractivity contribution is 5.28. The van der Waals surface area contributed by atoms with Gasteiger partial charge in [-0.15, -0.1) is 0 Å². The van der Waals surface area contributed by atoms with Gasteiger partial charge in [-0.25, -0.2) is 0 Å². The van der Waals surface area contributed by atoms with Crippen molar-refractivity contribution in [1.29, 1.82) is 0 Å². The normalized spacial score (nSPS) is 14.6. The largest absolute Gasteiger partial charge is 0.494 e. The summed E-state index contributed by atoms with van der Waals surface area (Å²) in [6.07, 6.45) is 0. The van der Waals surface area contributed by atoms with Crippen LogP contribution < -0.4 is 10.1 Å². The molecule has 0 spiro atoms. The van der Waals surface area contributed by atoms with E-state index in [1.54, 1.807) is 0 Å². The molecule has 0 aliphatic carbocycles. The van der Waals surface area contributed by atoms with Crippen molar-refractivity contribution in [2.24, 2.45) is 0 Å². The molecule has 3 nitrogen and oxygen atoms in total. The molecule has 0 saturated carbocycles. The topological polar surface area (TPSA) is 24.5 Å². The van der Waals surface area contributed by atoms with Crippen molar-refractivity contribution in [3.63, 3.8) is 0 Å². The van der Waals surface area contributed by atoms with Crippen LogP contribution in [0, 0.1) is 0 Å². The number of hydrogen-bond donors (Lipinski definition) is 1. The number of ether oxygens (including phenoxy) is 1. The fourth-order valence-electron chi connectivity index (χ4n) is 2.14. The SMILES string of the molecule is CCOc1ccc(C(C)NC(C)CN(C)C)cc1. The van der Waals surface area contributed by atoms with Crippen molar-refractivity contribution < 1.29 is 4.74 Å². The van der Waals surface area contributed by atoms with Crippen LogP contribution in [0.25, 0.3) is 0 Å². The molecule has 1 aromatic carbocycles. The molecule has 0 aromatic heterocycles. The smallest absolute Gasteiger partial charge is 0.119 e. The fourth-order valence-corrected chi connectivity index (χ4v) is 2.14. The van der Waals surface area contributed by atoms with E-state index in [1.807, 2.05) is 19.1 Å². The monoisotopic (exact) mass is 250 g/mol. The highest BCUT2D eigenvalue weighted by Crippen LogP contribution is 2.18. The van der Waals surface area contributed by atoms with Gasteiger partial charge in [0, 0.05) is 18.6 Å². The van der Waals surface area contributed by atoms with Crippen molar-refractivity contribution in [2.75, 3.05) is 27.2 Å². The van der Waals surface area contributed by atoms with Crippen LogP contribution >= 0.6 is 0 Å². The van der Waals surface area contributed by atoms with Crippen LogP contribution in [0.4, 0.5) is 0 Å². The Balaban J connectivity index is 2.52. The fraction of sp³-hybridized carbons (Fsp3) is 0.600. The van der Waals surface area contributed by atoms with Gasteiger partial charge in [-0.05, 0) is 52.6 Å².